The molecule has 0 unspecified atom stereocenters. The number of hydrogen-bond acceptors (Lipinski definition) is 4. The van der Waals surface area contributed by atoms with Gasteiger partial charge in [-0.05, 0) is 37.0 Å². The van der Waals surface area contributed by atoms with Crippen molar-refractivity contribution in [1.82, 2.24) is 0 Å². The van der Waals surface area contributed by atoms with Crippen LogP contribution in [0.1, 0.15) is 18.9 Å². The molecule has 4 heteroatoms. The Kier molecular flexibility index (Phi) is 6.22. The molecule has 1 rings (SSSR count). The van der Waals surface area contributed by atoms with E-state index in [1.165, 1.54) is 11.0 Å². The Labute approximate surface area is 111 Å². The van der Waals surface area contributed by atoms with Crippen molar-refractivity contribution in [2.24, 2.45) is 0 Å². The largest absolute Gasteiger partial charge is 0.466 e. The molecule has 0 aromatic heterocycles. The molecule has 3 nitrogen and oxygen atoms in total. The van der Waals surface area contributed by atoms with Crippen LogP contribution in [0.3, 0.4) is 0 Å². The van der Waals surface area contributed by atoms with E-state index in [0.717, 1.165) is 5.56 Å². The number of esters is 1. The molecule has 1 aromatic rings. The van der Waals surface area contributed by atoms with Gasteiger partial charge in [0.1, 0.15) is 6.42 Å². The molecule has 18 heavy (non-hydrogen) atoms. The first-order valence-corrected chi connectivity index (χ1v) is 6.88. The first-order valence-electron chi connectivity index (χ1n) is 5.66. The van der Waals surface area contributed by atoms with Crippen molar-refractivity contribution >= 4 is 29.6 Å². The highest BCUT2D eigenvalue weighted by molar-refractivity contribution is 7.98. The molecular weight excluding hydrogens is 248 g/mol. The highest BCUT2D eigenvalue weighted by Crippen LogP contribution is 2.15. The van der Waals surface area contributed by atoms with Crippen molar-refractivity contribution in [2.45, 2.75) is 18.2 Å². The van der Waals surface area contributed by atoms with Gasteiger partial charge in [-0.3, -0.25) is 9.59 Å². The van der Waals surface area contributed by atoms with Gasteiger partial charge in [-0.15, -0.1) is 11.8 Å². The molecule has 96 valence electrons. The van der Waals surface area contributed by atoms with Crippen LogP contribution in [-0.4, -0.2) is 24.6 Å². The summed E-state index contributed by atoms with van der Waals surface area (Å²) < 4.78 is 4.70. The van der Waals surface area contributed by atoms with Crippen LogP contribution in [0.5, 0.6) is 0 Å². The maximum absolute atomic E-state index is 11.4. The minimum atomic E-state index is -0.482. The standard InChI is InChI=1S/C14H16O3S/c1-3-17-14(16)10-12(15)7-4-11-5-8-13(18-2)9-6-11/h4-9H,3,10H2,1-2H3. The van der Waals surface area contributed by atoms with Gasteiger partial charge in [-0.2, -0.15) is 0 Å². The second-order valence-corrected chi connectivity index (χ2v) is 4.43. The third-order valence-corrected chi connectivity index (χ3v) is 2.94. The summed E-state index contributed by atoms with van der Waals surface area (Å²) in [5, 5.41) is 0. The molecule has 0 radical (unpaired) electrons. The maximum Gasteiger partial charge on any atom is 0.313 e. The number of benzene rings is 1. The fourth-order valence-corrected chi connectivity index (χ4v) is 1.73. The lowest BCUT2D eigenvalue weighted by molar-refractivity contribution is -0.144. The van der Waals surface area contributed by atoms with Crippen LogP contribution in [0.15, 0.2) is 35.2 Å². The summed E-state index contributed by atoms with van der Waals surface area (Å²) in [6.07, 6.45) is 4.91. The zero-order chi connectivity index (χ0) is 13.4. The molecule has 0 bridgehead atoms. The summed E-state index contributed by atoms with van der Waals surface area (Å²) >= 11 is 1.66. The van der Waals surface area contributed by atoms with Gasteiger partial charge in [0, 0.05) is 4.90 Å². The van der Waals surface area contributed by atoms with Crippen LogP contribution < -0.4 is 0 Å². The van der Waals surface area contributed by atoms with E-state index in [0.29, 0.717) is 6.61 Å². The SMILES string of the molecule is CCOC(=O)CC(=O)C=Cc1ccc(SC)cc1. The van der Waals surface area contributed by atoms with Crippen molar-refractivity contribution in [1.29, 1.82) is 0 Å². The Bertz CT molecular complexity index is 435. The fourth-order valence-electron chi connectivity index (χ4n) is 1.32. The number of ketones is 1. The van der Waals surface area contributed by atoms with Gasteiger partial charge in [0.25, 0.3) is 0 Å². The Morgan fingerprint density at radius 1 is 1.28 bits per heavy atom. The summed E-state index contributed by atoms with van der Waals surface area (Å²) in [5.74, 6) is -0.729. The number of ether oxygens (including phenoxy) is 1. The second-order valence-electron chi connectivity index (χ2n) is 3.55. The number of thioether (sulfide) groups is 1. The summed E-state index contributed by atoms with van der Waals surface area (Å²) in [6.45, 7) is 2.01. The van der Waals surface area contributed by atoms with E-state index in [1.807, 2.05) is 30.5 Å². The summed E-state index contributed by atoms with van der Waals surface area (Å²) in [4.78, 5) is 23.7. The minimum Gasteiger partial charge on any atom is -0.466 e. The van der Waals surface area contributed by atoms with Crippen molar-refractivity contribution in [3.63, 3.8) is 0 Å². The van der Waals surface area contributed by atoms with E-state index in [9.17, 15) is 9.59 Å². The Hall–Kier alpha value is -1.55. The highest BCUT2D eigenvalue weighted by Gasteiger charge is 2.06. The smallest absolute Gasteiger partial charge is 0.313 e. The molecule has 1 aromatic carbocycles. The number of carbonyl (C=O) groups is 2. The zero-order valence-electron chi connectivity index (χ0n) is 10.5. The molecule has 0 spiro atoms. The number of rotatable bonds is 6. The van der Waals surface area contributed by atoms with Gasteiger partial charge >= 0.3 is 5.97 Å². The van der Waals surface area contributed by atoms with Crippen LogP contribution in [0.2, 0.25) is 0 Å². The topological polar surface area (TPSA) is 43.4 Å². The Morgan fingerprint density at radius 2 is 1.94 bits per heavy atom. The first-order chi connectivity index (χ1) is 8.65. The Balaban J connectivity index is 2.52. The number of carbonyl (C=O) groups excluding carboxylic acids is 2. The van der Waals surface area contributed by atoms with E-state index in [2.05, 4.69) is 0 Å². The molecule has 0 aliphatic carbocycles. The van der Waals surface area contributed by atoms with Crippen molar-refractivity contribution in [2.75, 3.05) is 12.9 Å². The van der Waals surface area contributed by atoms with E-state index < -0.39 is 5.97 Å². The van der Waals surface area contributed by atoms with Crippen LogP contribution in [0.4, 0.5) is 0 Å². The van der Waals surface area contributed by atoms with E-state index in [1.54, 1.807) is 24.8 Å². The van der Waals surface area contributed by atoms with Gasteiger partial charge in [0.05, 0.1) is 6.61 Å². The van der Waals surface area contributed by atoms with Crippen LogP contribution >= 0.6 is 11.8 Å². The van der Waals surface area contributed by atoms with Gasteiger partial charge in [0.15, 0.2) is 5.78 Å². The third kappa shape index (κ3) is 5.19. The van der Waals surface area contributed by atoms with Crippen LogP contribution in [-0.2, 0) is 14.3 Å². The number of hydrogen-bond donors (Lipinski definition) is 0. The molecule has 0 aliphatic rings. The lowest BCUT2D eigenvalue weighted by Gasteiger charge is -1.98. The average molecular weight is 264 g/mol. The first kappa shape index (κ1) is 14.5. The summed E-state index contributed by atoms with van der Waals surface area (Å²) in [7, 11) is 0. The maximum atomic E-state index is 11.4. The molecule has 0 heterocycles. The molecule has 0 saturated carbocycles. The summed E-state index contributed by atoms with van der Waals surface area (Å²) in [6, 6.07) is 7.83. The van der Waals surface area contributed by atoms with Crippen molar-refractivity contribution < 1.29 is 14.3 Å². The van der Waals surface area contributed by atoms with Gasteiger partial charge in [0.2, 0.25) is 0 Å². The molecule has 0 amide bonds. The Morgan fingerprint density at radius 3 is 2.50 bits per heavy atom. The second kappa shape index (κ2) is 7.71. The van der Waals surface area contributed by atoms with E-state index >= 15 is 0 Å². The lowest BCUT2D eigenvalue weighted by atomic mass is 10.2. The predicted octanol–water partition coefficient (Wildman–Crippen LogP) is 2.94. The van der Waals surface area contributed by atoms with E-state index in [4.69, 9.17) is 4.74 Å². The van der Waals surface area contributed by atoms with Crippen molar-refractivity contribution in [3.8, 4) is 0 Å². The predicted molar refractivity (Wildman–Crippen MR) is 73.5 cm³/mol. The fraction of sp³-hybridized carbons (Fsp3) is 0.286. The highest BCUT2D eigenvalue weighted by atomic mass is 32.2. The zero-order valence-corrected chi connectivity index (χ0v) is 11.3. The van der Waals surface area contributed by atoms with Crippen LogP contribution in [0, 0.1) is 0 Å². The number of allylic oxidation sites excluding steroid dienone is 1. The monoisotopic (exact) mass is 264 g/mol. The normalized spacial score (nSPS) is 10.6. The molecule has 0 N–H and O–H groups in total. The third-order valence-electron chi connectivity index (χ3n) is 2.20. The molecule has 0 aliphatic heterocycles. The van der Waals surface area contributed by atoms with Gasteiger partial charge < -0.3 is 4.74 Å². The van der Waals surface area contributed by atoms with Crippen LogP contribution in [0.25, 0.3) is 6.08 Å². The lowest BCUT2D eigenvalue weighted by Crippen LogP contribution is -2.08. The molecular formula is C14H16O3S. The molecule has 0 atom stereocenters. The minimum absolute atomic E-state index is 0.201. The quantitative estimate of drug-likeness (QED) is 0.343. The molecule has 0 saturated heterocycles. The molecule has 0 fully saturated rings. The average Bonchev–Trinajstić information content (AvgIpc) is 2.37. The van der Waals surface area contributed by atoms with Gasteiger partial charge in [-0.1, -0.05) is 18.2 Å². The summed E-state index contributed by atoms with van der Waals surface area (Å²) in [5.41, 5.74) is 0.935. The van der Waals surface area contributed by atoms with Crippen molar-refractivity contribution in [3.05, 3.63) is 35.9 Å². The van der Waals surface area contributed by atoms with E-state index in [-0.39, 0.29) is 12.2 Å². The van der Waals surface area contributed by atoms with Gasteiger partial charge in [-0.25, -0.2) is 0 Å².